The summed E-state index contributed by atoms with van der Waals surface area (Å²) in [5.41, 5.74) is 1.78. The van der Waals surface area contributed by atoms with Gasteiger partial charge >= 0.3 is 0 Å². The Labute approximate surface area is 83.4 Å². The van der Waals surface area contributed by atoms with Gasteiger partial charge in [-0.1, -0.05) is 12.1 Å². The minimum absolute atomic E-state index is 0.0151. The van der Waals surface area contributed by atoms with E-state index in [1.54, 1.807) is 12.1 Å². The summed E-state index contributed by atoms with van der Waals surface area (Å²) in [5.74, 6) is -0.0151. The highest BCUT2D eigenvalue weighted by atomic mass is 16.1. The summed E-state index contributed by atoms with van der Waals surface area (Å²) >= 11 is 0. The van der Waals surface area contributed by atoms with E-state index in [4.69, 9.17) is 5.26 Å². The van der Waals surface area contributed by atoms with Crippen LogP contribution in [0.15, 0.2) is 24.3 Å². The molecule has 0 unspecified atom stereocenters. The van der Waals surface area contributed by atoms with Crippen molar-refractivity contribution in [3.8, 4) is 6.07 Å². The maximum Gasteiger partial charge on any atom is 0.216 e. The third kappa shape index (κ3) is 3.28. The summed E-state index contributed by atoms with van der Waals surface area (Å²) in [6.07, 6.45) is 0.797. The lowest BCUT2D eigenvalue weighted by Crippen LogP contribution is -2.22. The van der Waals surface area contributed by atoms with Gasteiger partial charge in [0.25, 0.3) is 0 Å². The van der Waals surface area contributed by atoms with Gasteiger partial charge in [-0.2, -0.15) is 5.26 Å². The first-order valence-corrected chi connectivity index (χ1v) is 4.46. The molecule has 72 valence electrons. The predicted molar refractivity (Wildman–Crippen MR) is 53.5 cm³/mol. The molecule has 1 rings (SSSR count). The highest BCUT2D eigenvalue weighted by Crippen LogP contribution is 2.03. The van der Waals surface area contributed by atoms with Crippen molar-refractivity contribution in [3.63, 3.8) is 0 Å². The SMILES string of the molecule is CC(=O)NCCc1ccc(C#N)cc1. The van der Waals surface area contributed by atoms with Crippen LogP contribution < -0.4 is 5.32 Å². The molecule has 0 radical (unpaired) electrons. The maximum absolute atomic E-state index is 10.6. The Kier molecular flexibility index (Phi) is 3.69. The Hall–Kier alpha value is -1.82. The molecule has 3 nitrogen and oxygen atoms in total. The Balaban J connectivity index is 2.45. The normalized spacial score (nSPS) is 9.14. The third-order valence-corrected chi connectivity index (χ3v) is 1.87. The number of nitrogens with one attached hydrogen (secondary N) is 1. The fraction of sp³-hybridized carbons (Fsp3) is 0.273. The molecule has 14 heavy (non-hydrogen) atoms. The number of carbonyl (C=O) groups excluding carboxylic acids is 1. The molecule has 0 spiro atoms. The number of amides is 1. The average molecular weight is 188 g/mol. The van der Waals surface area contributed by atoms with Gasteiger partial charge in [0.15, 0.2) is 0 Å². The van der Waals surface area contributed by atoms with Crippen LogP contribution in [-0.2, 0) is 11.2 Å². The van der Waals surface area contributed by atoms with Crippen molar-refractivity contribution in [2.24, 2.45) is 0 Å². The van der Waals surface area contributed by atoms with Crippen molar-refractivity contribution >= 4 is 5.91 Å². The van der Waals surface area contributed by atoms with Gasteiger partial charge < -0.3 is 5.32 Å². The number of hydrogen-bond acceptors (Lipinski definition) is 2. The minimum Gasteiger partial charge on any atom is -0.356 e. The Bertz CT molecular complexity index is 349. The first-order valence-electron chi connectivity index (χ1n) is 4.46. The molecule has 1 N–H and O–H groups in total. The molecular weight excluding hydrogens is 176 g/mol. The van der Waals surface area contributed by atoms with Crippen LogP contribution in [0.2, 0.25) is 0 Å². The summed E-state index contributed by atoms with van der Waals surface area (Å²) in [5, 5.41) is 11.3. The van der Waals surface area contributed by atoms with Crippen LogP contribution in [0.25, 0.3) is 0 Å². The topological polar surface area (TPSA) is 52.9 Å². The molecule has 0 atom stereocenters. The van der Waals surface area contributed by atoms with Crippen molar-refractivity contribution in [3.05, 3.63) is 35.4 Å². The average Bonchev–Trinajstić information content (AvgIpc) is 2.18. The number of benzene rings is 1. The molecule has 0 saturated carbocycles. The van der Waals surface area contributed by atoms with Gasteiger partial charge in [-0.05, 0) is 24.1 Å². The van der Waals surface area contributed by atoms with Crippen LogP contribution in [0, 0.1) is 11.3 Å². The van der Waals surface area contributed by atoms with Crippen LogP contribution in [-0.4, -0.2) is 12.5 Å². The van der Waals surface area contributed by atoms with E-state index in [9.17, 15) is 4.79 Å². The number of nitriles is 1. The number of rotatable bonds is 3. The summed E-state index contributed by atoms with van der Waals surface area (Å²) < 4.78 is 0. The molecule has 0 aromatic heterocycles. The van der Waals surface area contributed by atoms with E-state index in [0.717, 1.165) is 12.0 Å². The second-order valence-corrected chi connectivity index (χ2v) is 3.04. The first-order chi connectivity index (χ1) is 6.72. The highest BCUT2D eigenvalue weighted by molar-refractivity contribution is 5.72. The van der Waals surface area contributed by atoms with E-state index in [0.29, 0.717) is 12.1 Å². The van der Waals surface area contributed by atoms with Crippen molar-refractivity contribution < 1.29 is 4.79 Å². The Morgan fingerprint density at radius 2 is 2.07 bits per heavy atom. The quantitative estimate of drug-likeness (QED) is 0.775. The number of nitrogens with zero attached hydrogens (tertiary/aromatic N) is 1. The van der Waals surface area contributed by atoms with Gasteiger partial charge in [0.2, 0.25) is 5.91 Å². The molecule has 0 aliphatic carbocycles. The molecule has 0 bridgehead atoms. The fourth-order valence-corrected chi connectivity index (χ4v) is 1.13. The van der Waals surface area contributed by atoms with Gasteiger partial charge in [-0.25, -0.2) is 0 Å². The van der Waals surface area contributed by atoms with Gasteiger partial charge in [0.05, 0.1) is 11.6 Å². The lowest BCUT2D eigenvalue weighted by atomic mass is 10.1. The number of hydrogen-bond donors (Lipinski definition) is 1. The van der Waals surface area contributed by atoms with E-state index in [-0.39, 0.29) is 5.91 Å². The Morgan fingerprint density at radius 1 is 1.43 bits per heavy atom. The van der Waals surface area contributed by atoms with Gasteiger partial charge in [-0.15, -0.1) is 0 Å². The third-order valence-electron chi connectivity index (χ3n) is 1.87. The molecule has 3 heteroatoms. The Morgan fingerprint density at radius 3 is 2.57 bits per heavy atom. The zero-order chi connectivity index (χ0) is 10.4. The monoisotopic (exact) mass is 188 g/mol. The molecule has 0 aliphatic rings. The highest BCUT2D eigenvalue weighted by Gasteiger charge is 1.94. The predicted octanol–water partition coefficient (Wildman–Crippen LogP) is 1.24. The number of carbonyl (C=O) groups is 1. The first kappa shape index (κ1) is 10.3. The molecule has 1 aromatic rings. The van der Waals surface area contributed by atoms with Crippen LogP contribution in [0.3, 0.4) is 0 Å². The van der Waals surface area contributed by atoms with Crippen LogP contribution in [0.5, 0.6) is 0 Å². The lowest BCUT2D eigenvalue weighted by Gasteiger charge is -2.01. The molecule has 0 heterocycles. The van der Waals surface area contributed by atoms with E-state index in [1.807, 2.05) is 12.1 Å². The van der Waals surface area contributed by atoms with E-state index in [2.05, 4.69) is 11.4 Å². The summed E-state index contributed by atoms with van der Waals surface area (Å²) in [4.78, 5) is 10.6. The van der Waals surface area contributed by atoms with E-state index < -0.39 is 0 Å². The summed E-state index contributed by atoms with van der Waals surface area (Å²) in [6.45, 7) is 2.14. The molecule has 0 aliphatic heterocycles. The van der Waals surface area contributed by atoms with Gasteiger partial charge in [0.1, 0.15) is 0 Å². The zero-order valence-corrected chi connectivity index (χ0v) is 8.08. The molecule has 1 amide bonds. The fourth-order valence-electron chi connectivity index (χ4n) is 1.13. The standard InChI is InChI=1S/C11H12N2O/c1-9(14)13-7-6-10-2-4-11(8-12)5-3-10/h2-5H,6-7H2,1H3,(H,13,14). The van der Waals surface area contributed by atoms with Gasteiger partial charge in [0, 0.05) is 13.5 Å². The molecule has 0 fully saturated rings. The molecule has 0 saturated heterocycles. The summed E-state index contributed by atoms with van der Waals surface area (Å²) in [6, 6.07) is 9.43. The van der Waals surface area contributed by atoms with Crippen molar-refractivity contribution in [1.29, 1.82) is 5.26 Å². The second-order valence-electron chi connectivity index (χ2n) is 3.04. The van der Waals surface area contributed by atoms with E-state index >= 15 is 0 Å². The van der Waals surface area contributed by atoms with Crippen LogP contribution in [0.1, 0.15) is 18.1 Å². The largest absolute Gasteiger partial charge is 0.356 e. The molecule has 1 aromatic carbocycles. The molecular formula is C11H12N2O. The lowest BCUT2D eigenvalue weighted by molar-refractivity contribution is -0.118. The second kappa shape index (κ2) is 5.03. The van der Waals surface area contributed by atoms with Crippen molar-refractivity contribution in [1.82, 2.24) is 5.32 Å². The smallest absolute Gasteiger partial charge is 0.216 e. The van der Waals surface area contributed by atoms with Crippen molar-refractivity contribution in [2.75, 3.05) is 6.54 Å². The maximum atomic E-state index is 10.6. The minimum atomic E-state index is -0.0151. The summed E-state index contributed by atoms with van der Waals surface area (Å²) in [7, 11) is 0. The van der Waals surface area contributed by atoms with E-state index in [1.165, 1.54) is 6.92 Å². The van der Waals surface area contributed by atoms with Crippen LogP contribution in [0.4, 0.5) is 0 Å². The van der Waals surface area contributed by atoms with Crippen LogP contribution >= 0.6 is 0 Å². The van der Waals surface area contributed by atoms with Gasteiger partial charge in [-0.3, -0.25) is 4.79 Å². The van der Waals surface area contributed by atoms with Crippen molar-refractivity contribution in [2.45, 2.75) is 13.3 Å². The zero-order valence-electron chi connectivity index (χ0n) is 8.08.